The maximum atomic E-state index is 11.5. The molecule has 0 bridgehead atoms. The number of pyridine rings is 1. The molecule has 0 aromatic carbocycles. The van der Waals surface area contributed by atoms with Crippen LogP contribution in [0.1, 0.15) is 23.7 Å². The molecule has 1 aromatic rings. The maximum absolute atomic E-state index is 11.5. The molecular formula is C10H14N2O2. The average Bonchev–Trinajstić information content (AvgIpc) is 2.26. The molecule has 0 radical (unpaired) electrons. The molecule has 4 nitrogen and oxygen atoms in total. The second-order valence-electron chi connectivity index (χ2n) is 3.00. The fourth-order valence-corrected chi connectivity index (χ4v) is 1.04. The molecule has 1 aromatic heterocycles. The highest BCUT2D eigenvalue weighted by Crippen LogP contribution is 1.97. The van der Waals surface area contributed by atoms with E-state index in [-0.39, 0.29) is 18.6 Å². The van der Waals surface area contributed by atoms with Crippen molar-refractivity contribution < 1.29 is 9.90 Å². The van der Waals surface area contributed by atoms with Crippen molar-refractivity contribution in [3.05, 3.63) is 30.1 Å². The van der Waals surface area contributed by atoms with E-state index in [1.807, 2.05) is 6.92 Å². The Morgan fingerprint density at radius 2 is 2.50 bits per heavy atom. The summed E-state index contributed by atoms with van der Waals surface area (Å²) in [5, 5.41) is 11.6. The highest BCUT2D eigenvalue weighted by atomic mass is 16.3. The van der Waals surface area contributed by atoms with Crippen molar-refractivity contribution >= 4 is 5.91 Å². The summed E-state index contributed by atoms with van der Waals surface area (Å²) >= 11 is 0. The van der Waals surface area contributed by atoms with Crippen molar-refractivity contribution in [1.82, 2.24) is 10.3 Å². The van der Waals surface area contributed by atoms with Crippen LogP contribution in [0.2, 0.25) is 0 Å². The number of aliphatic hydroxyl groups is 1. The predicted molar refractivity (Wildman–Crippen MR) is 52.9 cm³/mol. The Kier molecular flexibility index (Phi) is 4.07. The number of carbonyl (C=O) groups excluding carboxylic acids is 1. The molecule has 1 heterocycles. The minimum Gasteiger partial charge on any atom is -0.394 e. The van der Waals surface area contributed by atoms with Crippen LogP contribution in [0.4, 0.5) is 0 Å². The van der Waals surface area contributed by atoms with E-state index >= 15 is 0 Å². The smallest absolute Gasteiger partial charge is 0.253 e. The lowest BCUT2D eigenvalue weighted by Gasteiger charge is -2.13. The fraction of sp³-hybridized carbons (Fsp3) is 0.400. The number of nitrogens with zero attached hydrogens (tertiary/aromatic N) is 1. The quantitative estimate of drug-likeness (QED) is 0.737. The number of rotatable bonds is 4. The van der Waals surface area contributed by atoms with Gasteiger partial charge in [0, 0.05) is 12.4 Å². The number of hydrogen-bond donors (Lipinski definition) is 2. The van der Waals surface area contributed by atoms with E-state index in [2.05, 4.69) is 10.3 Å². The van der Waals surface area contributed by atoms with Gasteiger partial charge in [0.15, 0.2) is 0 Å². The van der Waals surface area contributed by atoms with Gasteiger partial charge in [-0.05, 0) is 18.6 Å². The van der Waals surface area contributed by atoms with Crippen LogP contribution in [0.15, 0.2) is 24.5 Å². The zero-order chi connectivity index (χ0) is 10.4. The monoisotopic (exact) mass is 194 g/mol. The van der Waals surface area contributed by atoms with E-state index in [1.54, 1.807) is 18.3 Å². The zero-order valence-electron chi connectivity index (χ0n) is 8.10. The molecule has 0 unspecified atom stereocenters. The highest BCUT2D eigenvalue weighted by molar-refractivity contribution is 5.93. The predicted octanol–water partition coefficient (Wildman–Crippen LogP) is 0.582. The number of aromatic nitrogens is 1. The van der Waals surface area contributed by atoms with Gasteiger partial charge in [-0.1, -0.05) is 6.92 Å². The van der Waals surface area contributed by atoms with E-state index in [0.29, 0.717) is 12.0 Å². The molecule has 0 fully saturated rings. The molecule has 1 atom stereocenters. The average molecular weight is 194 g/mol. The summed E-state index contributed by atoms with van der Waals surface area (Å²) in [5.41, 5.74) is 0.513. The first kappa shape index (κ1) is 10.7. The second-order valence-corrected chi connectivity index (χ2v) is 3.00. The normalized spacial score (nSPS) is 12.1. The van der Waals surface area contributed by atoms with Crippen LogP contribution in [-0.4, -0.2) is 28.6 Å². The molecule has 0 aliphatic carbocycles. The Labute approximate surface area is 83.0 Å². The third-order valence-electron chi connectivity index (χ3n) is 1.97. The van der Waals surface area contributed by atoms with Gasteiger partial charge in [0.2, 0.25) is 0 Å². The van der Waals surface area contributed by atoms with E-state index < -0.39 is 0 Å². The molecule has 4 heteroatoms. The van der Waals surface area contributed by atoms with Gasteiger partial charge in [-0.15, -0.1) is 0 Å². The summed E-state index contributed by atoms with van der Waals surface area (Å²) < 4.78 is 0. The van der Waals surface area contributed by atoms with Gasteiger partial charge in [-0.25, -0.2) is 0 Å². The molecule has 2 N–H and O–H groups in total. The summed E-state index contributed by atoms with van der Waals surface area (Å²) in [6.45, 7) is 1.87. The van der Waals surface area contributed by atoms with E-state index in [9.17, 15) is 4.79 Å². The van der Waals surface area contributed by atoms with Crippen LogP contribution in [0.3, 0.4) is 0 Å². The first-order valence-electron chi connectivity index (χ1n) is 4.59. The van der Waals surface area contributed by atoms with Gasteiger partial charge in [0.05, 0.1) is 18.2 Å². The van der Waals surface area contributed by atoms with Gasteiger partial charge < -0.3 is 10.4 Å². The standard InChI is InChI=1S/C10H14N2O2/c1-2-9(7-13)12-10(14)8-4-3-5-11-6-8/h3-6,9,13H,2,7H2,1H3,(H,12,14)/t9-/m0/s1. The number of hydrogen-bond acceptors (Lipinski definition) is 3. The lowest BCUT2D eigenvalue weighted by atomic mass is 10.2. The van der Waals surface area contributed by atoms with E-state index in [1.165, 1.54) is 6.20 Å². The third kappa shape index (κ3) is 2.81. The maximum Gasteiger partial charge on any atom is 0.253 e. The third-order valence-corrected chi connectivity index (χ3v) is 1.97. The van der Waals surface area contributed by atoms with E-state index in [0.717, 1.165) is 0 Å². The number of aliphatic hydroxyl groups excluding tert-OH is 1. The summed E-state index contributed by atoms with van der Waals surface area (Å²) in [7, 11) is 0. The second kappa shape index (κ2) is 5.34. The number of nitrogens with one attached hydrogen (secondary N) is 1. The van der Waals surface area contributed by atoms with Crippen LogP contribution in [0, 0.1) is 0 Å². The van der Waals surface area contributed by atoms with Crippen LogP contribution in [0.5, 0.6) is 0 Å². The lowest BCUT2D eigenvalue weighted by Crippen LogP contribution is -2.36. The first-order chi connectivity index (χ1) is 6.77. The van der Waals surface area contributed by atoms with Crippen LogP contribution in [-0.2, 0) is 0 Å². The van der Waals surface area contributed by atoms with Gasteiger partial charge in [0.1, 0.15) is 0 Å². The van der Waals surface area contributed by atoms with E-state index in [4.69, 9.17) is 5.11 Å². The Bertz CT molecular complexity index is 283. The molecule has 76 valence electrons. The van der Waals surface area contributed by atoms with Crippen LogP contribution < -0.4 is 5.32 Å². The topological polar surface area (TPSA) is 62.2 Å². The SMILES string of the molecule is CC[C@@H](CO)NC(=O)c1cccnc1. The summed E-state index contributed by atoms with van der Waals surface area (Å²) in [5.74, 6) is -0.195. The van der Waals surface area contributed by atoms with Gasteiger partial charge in [-0.3, -0.25) is 9.78 Å². The summed E-state index contributed by atoms with van der Waals surface area (Å²) in [6.07, 6.45) is 3.82. The minimum absolute atomic E-state index is 0.0392. The zero-order valence-corrected chi connectivity index (χ0v) is 8.10. The van der Waals surface area contributed by atoms with Crippen molar-refractivity contribution in [2.24, 2.45) is 0 Å². The Balaban J connectivity index is 2.59. The van der Waals surface area contributed by atoms with Gasteiger partial charge >= 0.3 is 0 Å². The van der Waals surface area contributed by atoms with Crippen molar-refractivity contribution in [3.63, 3.8) is 0 Å². The Morgan fingerprint density at radius 3 is 3.00 bits per heavy atom. The van der Waals surface area contributed by atoms with Crippen molar-refractivity contribution in [2.45, 2.75) is 19.4 Å². The minimum atomic E-state index is -0.195. The van der Waals surface area contributed by atoms with Crippen molar-refractivity contribution in [2.75, 3.05) is 6.61 Å². The van der Waals surface area contributed by atoms with Crippen molar-refractivity contribution in [1.29, 1.82) is 0 Å². The molecule has 0 spiro atoms. The largest absolute Gasteiger partial charge is 0.394 e. The molecule has 0 saturated carbocycles. The van der Waals surface area contributed by atoms with Gasteiger partial charge in [0.25, 0.3) is 5.91 Å². The molecule has 0 aliphatic rings. The molecule has 0 saturated heterocycles. The molecule has 1 rings (SSSR count). The lowest BCUT2D eigenvalue weighted by molar-refractivity contribution is 0.0914. The number of carbonyl (C=O) groups is 1. The molecular weight excluding hydrogens is 180 g/mol. The first-order valence-corrected chi connectivity index (χ1v) is 4.59. The number of amides is 1. The highest BCUT2D eigenvalue weighted by Gasteiger charge is 2.10. The van der Waals surface area contributed by atoms with Crippen LogP contribution in [0.25, 0.3) is 0 Å². The summed E-state index contributed by atoms with van der Waals surface area (Å²) in [4.78, 5) is 15.4. The summed E-state index contributed by atoms with van der Waals surface area (Å²) in [6, 6.07) is 3.21. The van der Waals surface area contributed by atoms with Gasteiger partial charge in [-0.2, -0.15) is 0 Å². The Hall–Kier alpha value is -1.42. The van der Waals surface area contributed by atoms with Crippen LogP contribution >= 0.6 is 0 Å². The van der Waals surface area contributed by atoms with Crippen molar-refractivity contribution in [3.8, 4) is 0 Å². The molecule has 14 heavy (non-hydrogen) atoms. The molecule has 1 amide bonds. The Morgan fingerprint density at radius 1 is 1.71 bits per heavy atom. The molecule has 0 aliphatic heterocycles. The fourth-order valence-electron chi connectivity index (χ4n) is 1.04.